The van der Waals surface area contributed by atoms with Crippen molar-refractivity contribution in [3.63, 3.8) is 0 Å². The predicted molar refractivity (Wildman–Crippen MR) is 209 cm³/mol. The van der Waals surface area contributed by atoms with Crippen LogP contribution in [-0.4, -0.2) is 132 Å². The van der Waals surface area contributed by atoms with Crippen LogP contribution >= 0.6 is 0 Å². The number of likely N-dealkylation sites (tertiary alicyclic amines) is 1. The van der Waals surface area contributed by atoms with Gasteiger partial charge in [0, 0.05) is 119 Å². The van der Waals surface area contributed by atoms with E-state index in [0.29, 0.717) is 73.5 Å². The van der Waals surface area contributed by atoms with Crippen molar-refractivity contribution in [3.05, 3.63) is 70.8 Å². The number of carbonyl (C=O) groups excluding carboxylic acids is 3. The monoisotopic (exact) mass is 772 g/mol. The molecule has 3 aromatic rings. The molecule has 0 saturated carbocycles. The Morgan fingerprint density at radius 1 is 0.982 bits per heavy atom. The highest BCUT2D eigenvalue weighted by molar-refractivity contribution is 6.09. The summed E-state index contributed by atoms with van der Waals surface area (Å²) in [5.41, 5.74) is 9.70. The van der Waals surface area contributed by atoms with Gasteiger partial charge >= 0.3 is 6.03 Å². The van der Waals surface area contributed by atoms with Crippen molar-refractivity contribution >= 4 is 35.2 Å². The second-order valence-electron chi connectivity index (χ2n) is 14.9. The van der Waals surface area contributed by atoms with Crippen molar-refractivity contribution in [3.8, 4) is 11.1 Å². The number of amidine groups is 1. The molecule has 2 aromatic heterocycles. The number of nitrogens with two attached hydrogens (primary N) is 1. The normalized spacial score (nSPS) is 18.3. The lowest BCUT2D eigenvalue weighted by molar-refractivity contribution is -0.133. The van der Waals surface area contributed by atoms with Gasteiger partial charge in [0.15, 0.2) is 0 Å². The summed E-state index contributed by atoms with van der Waals surface area (Å²) >= 11 is 0. The lowest BCUT2D eigenvalue weighted by Crippen LogP contribution is -2.52. The third-order valence-electron chi connectivity index (χ3n) is 11.3. The fraction of sp³-hybridized carbons (Fsp3) is 0.487. The number of halogens is 2. The molecule has 56 heavy (non-hydrogen) atoms. The van der Waals surface area contributed by atoms with E-state index in [2.05, 4.69) is 30.5 Å². The molecule has 17 heteroatoms. The zero-order valence-corrected chi connectivity index (χ0v) is 31.9. The molecule has 4 aliphatic rings. The molecule has 0 spiro atoms. The molecule has 6 heterocycles. The van der Waals surface area contributed by atoms with Crippen molar-refractivity contribution in [2.45, 2.75) is 44.6 Å². The smallest absolute Gasteiger partial charge is 0.317 e. The van der Waals surface area contributed by atoms with Crippen LogP contribution in [0.3, 0.4) is 0 Å². The van der Waals surface area contributed by atoms with Crippen molar-refractivity contribution in [2.75, 3.05) is 82.3 Å². The topological polar surface area (TPSA) is 172 Å². The fourth-order valence-electron chi connectivity index (χ4n) is 8.17. The Hall–Kier alpha value is -5.58. The van der Waals surface area contributed by atoms with Gasteiger partial charge in [-0.15, -0.1) is 0 Å². The van der Waals surface area contributed by atoms with Crippen LogP contribution in [-0.2, 0) is 18.3 Å². The number of piperazine rings is 1. The lowest BCUT2D eigenvalue weighted by atomic mass is 9.92. The third-order valence-corrected chi connectivity index (χ3v) is 11.3. The molecule has 1 aromatic carbocycles. The third kappa shape index (κ3) is 8.32. The summed E-state index contributed by atoms with van der Waals surface area (Å²) in [6.07, 6.45) is 5.52. The number of hydrogen-bond acceptors (Lipinski definition) is 9. The maximum absolute atomic E-state index is 14.6. The average Bonchev–Trinajstić information content (AvgIpc) is 3.66. The van der Waals surface area contributed by atoms with Gasteiger partial charge in [0.25, 0.3) is 6.43 Å². The summed E-state index contributed by atoms with van der Waals surface area (Å²) in [6, 6.07) is 6.65. The molecule has 0 unspecified atom stereocenters. The summed E-state index contributed by atoms with van der Waals surface area (Å²) in [5.74, 6) is 0.561. The maximum atomic E-state index is 14.6. The van der Waals surface area contributed by atoms with Crippen molar-refractivity contribution in [1.82, 2.24) is 40.1 Å². The minimum Gasteiger partial charge on any atom is -0.385 e. The first-order valence-corrected chi connectivity index (χ1v) is 19.3. The van der Waals surface area contributed by atoms with E-state index >= 15 is 0 Å². The molecule has 2 saturated heterocycles. The number of pyridine rings is 1. The van der Waals surface area contributed by atoms with E-state index in [-0.39, 0.29) is 35.9 Å². The lowest BCUT2D eigenvalue weighted by Gasteiger charge is -2.40. The molecule has 4 aliphatic heterocycles. The van der Waals surface area contributed by atoms with E-state index in [1.807, 2.05) is 15.9 Å². The number of aryl methyl sites for hydroxylation is 2. The number of fused-ring (bicyclic) bond motifs is 1. The van der Waals surface area contributed by atoms with E-state index in [4.69, 9.17) is 5.73 Å². The Morgan fingerprint density at radius 2 is 1.75 bits per heavy atom. The second kappa shape index (κ2) is 16.6. The van der Waals surface area contributed by atoms with Gasteiger partial charge < -0.3 is 36.0 Å². The second-order valence-corrected chi connectivity index (χ2v) is 14.9. The van der Waals surface area contributed by atoms with E-state index < -0.39 is 12.3 Å². The van der Waals surface area contributed by atoms with E-state index in [9.17, 15) is 28.6 Å². The Labute approximate surface area is 325 Å². The van der Waals surface area contributed by atoms with Crippen molar-refractivity contribution in [2.24, 2.45) is 12.8 Å². The Balaban J connectivity index is 1.00. The van der Waals surface area contributed by atoms with Crippen molar-refractivity contribution in [1.29, 1.82) is 5.41 Å². The molecule has 298 valence electrons. The van der Waals surface area contributed by atoms with Gasteiger partial charge in [0.1, 0.15) is 11.7 Å². The zero-order valence-electron chi connectivity index (χ0n) is 31.9. The highest BCUT2D eigenvalue weighted by Crippen LogP contribution is 2.39. The molecular formula is C39H50F2N12O3. The summed E-state index contributed by atoms with van der Waals surface area (Å²) in [4.78, 5) is 51.6. The maximum Gasteiger partial charge on any atom is 0.317 e. The molecule has 7 rings (SSSR count). The van der Waals surface area contributed by atoms with Gasteiger partial charge in [-0.1, -0.05) is 0 Å². The number of urea groups is 1. The minimum atomic E-state index is -2.72. The van der Waals surface area contributed by atoms with Gasteiger partial charge in [-0.2, -0.15) is 5.10 Å². The highest BCUT2D eigenvalue weighted by atomic mass is 19.3. The number of rotatable bonds is 9. The standard InChI is InChI=1S/C39H50F2N12O3/c1-44-39(56)52-13-9-32(31(23-52)37(42)53-10-3-4-25-18-29(27-21-46-48(2)22-27)30(36(40)41)19-33(25)53)47-28-7-11-51(12-8-28)35(54)24-49-14-16-50(17-15-49)34-6-5-26(20-45-34)38(43)55/h5-6,18-22,28,36,42,47H,3-4,7-17,23-24H2,1-2H3,(H2,43,55)(H,44,56). The Bertz CT molecular complexity index is 1980. The first-order valence-electron chi connectivity index (χ1n) is 19.3. The number of piperidine rings is 1. The highest BCUT2D eigenvalue weighted by Gasteiger charge is 2.33. The molecule has 0 radical (unpaired) electrons. The number of primary amides is 1. The predicted octanol–water partition coefficient (Wildman–Crippen LogP) is 2.95. The van der Waals surface area contributed by atoms with Gasteiger partial charge in [-0.3, -0.25) is 24.6 Å². The SMILES string of the molecule is CNC(=O)N1CCC(NC2CCN(C(=O)CN3CCN(c4ccc(C(N)=O)cn4)CC3)CC2)=C(C(=N)N2CCCc3cc(-c4cnn(C)c4)c(C(F)F)cc32)C1. The number of nitrogens with zero attached hydrogens (tertiary/aromatic N) is 8. The van der Waals surface area contributed by atoms with Crippen LogP contribution < -0.4 is 26.2 Å². The number of anilines is 2. The molecule has 2 fully saturated rings. The van der Waals surface area contributed by atoms with E-state index in [1.165, 1.54) is 12.3 Å². The van der Waals surface area contributed by atoms with Gasteiger partial charge in [0.2, 0.25) is 11.8 Å². The molecule has 4 amide bonds. The van der Waals surface area contributed by atoms with Crippen molar-refractivity contribution < 1.29 is 23.2 Å². The van der Waals surface area contributed by atoms with Crippen LogP contribution in [0, 0.1) is 5.41 Å². The molecule has 0 atom stereocenters. The zero-order chi connectivity index (χ0) is 39.5. The van der Waals surface area contributed by atoms with E-state index in [1.54, 1.807) is 48.2 Å². The quantitative estimate of drug-likeness (QED) is 0.189. The summed E-state index contributed by atoms with van der Waals surface area (Å²) in [7, 11) is 3.33. The average molecular weight is 773 g/mol. The number of amides is 4. The molecule has 15 nitrogen and oxygen atoms in total. The Morgan fingerprint density at radius 3 is 2.39 bits per heavy atom. The number of aromatic nitrogens is 3. The number of alkyl halides is 2. The first-order chi connectivity index (χ1) is 27.0. The largest absolute Gasteiger partial charge is 0.385 e. The minimum absolute atomic E-state index is 0.0708. The van der Waals surface area contributed by atoms with Crippen LogP contribution in [0.25, 0.3) is 11.1 Å². The number of benzene rings is 1. The summed E-state index contributed by atoms with van der Waals surface area (Å²) < 4.78 is 30.7. The molecule has 0 bridgehead atoms. The number of hydrogen-bond donors (Lipinski definition) is 4. The van der Waals surface area contributed by atoms with Crippen LogP contribution in [0.5, 0.6) is 0 Å². The van der Waals surface area contributed by atoms with Crippen LogP contribution in [0.1, 0.15) is 53.6 Å². The van der Waals surface area contributed by atoms with E-state index in [0.717, 1.165) is 62.5 Å². The van der Waals surface area contributed by atoms with Gasteiger partial charge in [0.05, 0.1) is 24.8 Å². The number of carbonyl (C=O) groups is 3. The van der Waals surface area contributed by atoms with Crippen LogP contribution in [0.2, 0.25) is 0 Å². The Kier molecular flexibility index (Phi) is 11.5. The molecular weight excluding hydrogens is 723 g/mol. The first kappa shape index (κ1) is 38.7. The summed E-state index contributed by atoms with van der Waals surface area (Å²) in [5, 5.41) is 20.1. The molecule has 0 aliphatic carbocycles. The molecule has 5 N–H and O–H groups in total. The fourth-order valence-corrected chi connectivity index (χ4v) is 8.17. The summed E-state index contributed by atoms with van der Waals surface area (Å²) in [6.45, 7) is 5.59. The van der Waals surface area contributed by atoms with Gasteiger partial charge in [-0.05, 0) is 61.1 Å². The van der Waals surface area contributed by atoms with Crippen LogP contribution in [0.4, 0.5) is 25.1 Å². The number of nitrogens with one attached hydrogen (secondary N) is 3. The van der Waals surface area contributed by atoms with Gasteiger partial charge in [-0.25, -0.2) is 18.6 Å². The van der Waals surface area contributed by atoms with Crippen LogP contribution in [0.15, 0.2) is 54.1 Å².